The van der Waals surface area contributed by atoms with Gasteiger partial charge in [0.1, 0.15) is 6.61 Å². The molecule has 0 radical (unpaired) electrons. The van der Waals surface area contributed by atoms with E-state index in [4.69, 9.17) is 37.8 Å². The highest BCUT2D eigenvalue weighted by molar-refractivity contribution is 6.31. The second-order valence-electron chi connectivity index (χ2n) is 6.25. The van der Waals surface area contributed by atoms with Crippen LogP contribution in [0.5, 0.6) is 11.5 Å². The van der Waals surface area contributed by atoms with E-state index in [2.05, 4.69) is 5.32 Å². The van der Waals surface area contributed by atoms with Crippen LogP contribution in [-0.4, -0.2) is 18.2 Å². The quantitative estimate of drug-likeness (QED) is 0.465. The summed E-state index contributed by atoms with van der Waals surface area (Å²) in [5.74, 6) is 0.138. The Morgan fingerprint density at radius 2 is 1.79 bits per heavy atom. The number of hydrogen-bond acceptors (Lipinski definition) is 4. The third-order valence-corrected chi connectivity index (χ3v) is 4.82. The van der Waals surface area contributed by atoms with Crippen LogP contribution in [0.2, 0.25) is 10.0 Å². The maximum atomic E-state index is 10.9. The third-order valence-electron chi connectivity index (χ3n) is 4.23. The first kappa shape index (κ1) is 20.8. The van der Waals surface area contributed by atoms with E-state index in [9.17, 15) is 4.79 Å². The lowest BCUT2D eigenvalue weighted by molar-refractivity contribution is 0.0697. The number of ether oxygens (including phenoxy) is 2. The number of carboxylic acids is 1. The maximum absolute atomic E-state index is 10.9. The van der Waals surface area contributed by atoms with Crippen LogP contribution in [0.3, 0.4) is 0 Å². The van der Waals surface area contributed by atoms with Gasteiger partial charge in [0.05, 0.1) is 12.7 Å². The average molecular weight is 432 g/mol. The summed E-state index contributed by atoms with van der Waals surface area (Å²) in [5.41, 5.74) is 2.77. The molecule has 0 bridgehead atoms. The van der Waals surface area contributed by atoms with E-state index in [0.29, 0.717) is 34.7 Å². The van der Waals surface area contributed by atoms with Crippen molar-refractivity contribution < 1.29 is 19.4 Å². The molecule has 0 fully saturated rings. The summed E-state index contributed by atoms with van der Waals surface area (Å²) in [6.45, 7) is 0.775. The van der Waals surface area contributed by atoms with Crippen LogP contribution in [0.15, 0.2) is 60.7 Å². The highest BCUT2D eigenvalue weighted by Gasteiger charge is 2.11. The van der Waals surface area contributed by atoms with Gasteiger partial charge in [-0.3, -0.25) is 0 Å². The van der Waals surface area contributed by atoms with Crippen molar-refractivity contribution in [3.05, 3.63) is 87.4 Å². The number of nitrogens with one attached hydrogen (secondary N) is 1. The molecule has 2 N–H and O–H groups in total. The molecule has 0 atom stereocenters. The Hall–Kier alpha value is -2.89. The Kier molecular flexibility index (Phi) is 6.86. The lowest BCUT2D eigenvalue weighted by atomic mass is 10.1. The summed E-state index contributed by atoms with van der Waals surface area (Å²) in [6.07, 6.45) is 0. The molecule has 7 heteroatoms. The average Bonchev–Trinajstić information content (AvgIpc) is 2.71. The number of carbonyl (C=O) groups is 1. The van der Waals surface area contributed by atoms with Gasteiger partial charge in [-0.2, -0.15) is 0 Å². The molecule has 0 heterocycles. The highest BCUT2D eigenvalue weighted by atomic mass is 35.5. The summed E-state index contributed by atoms with van der Waals surface area (Å²) < 4.78 is 11.3. The number of carboxylic acid groups (broad SMARTS) is 1. The van der Waals surface area contributed by atoms with Gasteiger partial charge in [0.25, 0.3) is 0 Å². The molecule has 0 saturated heterocycles. The zero-order valence-electron chi connectivity index (χ0n) is 15.6. The summed E-state index contributed by atoms with van der Waals surface area (Å²) >= 11 is 12.4. The molecule has 0 unspecified atom stereocenters. The molecule has 0 amide bonds. The van der Waals surface area contributed by atoms with Crippen LogP contribution >= 0.6 is 23.2 Å². The number of benzene rings is 3. The molecule has 3 rings (SSSR count). The van der Waals surface area contributed by atoms with Gasteiger partial charge >= 0.3 is 5.97 Å². The zero-order chi connectivity index (χ0) is 20.8. The topological polar surface area (TPSA) is 67.8 Å². The minimum Gasteiger partial charge on any atom is -0.493 e. The maximum Gasteiger partial charge on any atom is 0.335 e. The molecule has 150 valence electrons. The summed E-state index contributed by atoms with van der Waals surface area (Å²) in [4.78, 5) is 10.9. The van der Waals surface area contributed by atoms with E-state index in [-0.39, 0.29) is 5.56 Å². The van der Waals surface area contributed by atoms with Crippen LogP contribution < -0.4 is 14.8 Å². The van der Waals surface area contributed by atoms with Crippen LogP contribution in [0.4, 0.5) is 5.69 Å². The molecule has 3 aromatic rings. The second-order valence-corrected chi connectivity index (χ2v) is 7.09. The Balaban J connectivity index is 1.69. The molecular weight excluding hydrogens is 413 g/mol. The zero-order valence-corrected chi connectivity index (χ0v) is 17.1. The second kappa shape index (κ2) is 9.54. The van der Waals surface area contributed by atoms with E-state index in [1.54, 1.807) is 43.5 Å². The van der Waals surface area contributed by atoms with Crippen molar-refractivity contribution in [3.63, 3.8) is 0 Å². The molecule has 0 aliphatic carbocycles. The number of aromatic carboxylic acids is 1. The van der Waals surface area contributed by atoms with Gasteiger partial charge in [0, 0.05) is 28.3 Å². The molecule has 0 aromatic heterocycles. The van der Waals surface area contributed by atoms with Gasteiger partial charge in [0.15, 0.2) is 11.5 Å². The molecule has 0 spiro atoms. The lowest BCUT2D eigenvalue weighted by Crippen LogP contribution is -2.03. The van der Waals surface area contributed by atoms with E-state index in [1.165, 1.54) is 0 Å². The van der Waals surface area contributed by atoms with Gasteiger partial charge in [0.2, 0.25) is 0 Å². The summed E-state index contributed by atoms with van der Waals surface area (Å²) in [6, 6.07) is 17.5. The predicted molar refractivity (Wildman–Crippen MR) is 115 cm³/mol. The van der Waals surface area contributed by atoms with Crippen molar-refractivity contribution in [2.45, 2.75) is 13.2 Å². The van der Waals surface area contributed by atoms with E-state index in [0.717, 1.165) is 16.8 Å². The highest BCUT2D eigenvalue weighted by Crippen LogP contribution is 2.34. The van der Waals surface area contributed by atoms with Gasteiger partial charge in [-0.05, 0) is 53.6 Å². The molecule has 29 heavy (non-hydrogen) atoms. The number of halogens is 2. The van der Waals surface area contributed by atoms with E-state index < -0.39 is 5.97 Å². The van der Waals surface area contributed by atoms with Gasteiger partial charge in [-0.25, -0.2) is 4.79 Å². The first-order valence-corrected chi connectivity index (χ1v) is 9.52. The van der Waals surface area contributed by atoms with Crippen LogP contribution in [-0.2, 0) is 13.2 Å². The minimum atomic E-state index is -0.960. The molecule has 0 aliphatic heterocycles. The van der Waals surface area contributed by atoms with E-state index >= 15 is 0 Å². The third kappa shape index (κ3) is 5.56. The predicted octanol–water partition coefficient (Wildman–Crippen LogP) is 5.89. The Bertz CT molecular complexity index is 1010. The van der Waals surface area contributed by atoms with Gasteiger partial charge < -0.3 is 19.9 Å². The largest absolute Gasteiger partial charge is 0.493 e. The van der Waals surface area contributed by atoms with Crippen molar-refractivity contribution in [3.8, 4) is 11.5 Å². The van der Waals surface area contributed by atoms with Crippen molar-refractivity contribution in [2.75, 3.05) is 12.4 Å². The molecule has 0 aliphatic rings. The molecule has 3 aromatic carbocycles. The van der Waals surface area contributed by atoms with Crippen molar-refractivity contribution in [2.24, 2.45) is 0 Å². The summed E-state index contributed by atoms with van der Waals surface area (Å²) in [5, 5.41) is 13.4. The monoisotopic (exact) mass is 431 g/mol. The molecule has 0 saturated carbocycles. The minimum absolute atomic E-state index is 0.233. The first-order valence-electron chi connectivity index (χ1n) is 8.77. The smallest absolute Gasteiger partial charge is 0.335 e. The van der Waals surface area contributed by atoms with Gasteiger partial charge in [-0.1, -0.05) is 35.3 Å². The van der Waals surface area contributed by atoms with Gasteiger partial charge in [-0.15, -0.1) is 0 Å². The Labute approximate surface area is 178 Å². The van der Waals surface area contributed by atoms with Crippen molar-refractivity contribution in [1.29, 1.82) is 0 Å². The number of rotatable bonds is 8. The first-order chi connectivity index (χ1) is 14.0. The Morgan fingerprint density at radius 3 is 2.45 bits per heavy atom. The van der Waals surface area contributed by atoms with E-state index in [1.807, 2.05) is 24.3 Å². The SMILES string of the molecule is COc1cc(CNc2ccc(C(=O)O)cc2)c(Cl)cc1OCc1cccc(Cl)c1. The number of anilines is 1. The summed E-state index contributed by atoms with van der Waals surface area (Å²) in [7, 11) is 1.57. The van der Waals surface area contributed by atoms with Crippen LogP contribution in [0.25, 0.3) is 0 Å². The van der Waals surface area contributed by atoms with Crippen molar-refractivity contribution in [1.82, 2.24) is 0 Å². The van der Waals surface area contributed by atoms with Crippen molar-refractivity contribution >= 4 is 34.9 Å². The fourth-order valence-electron chi connectivity index (χ4n) is 2.70. The Morgan fingerprint density at radius 1 is 1.03 bits per heavy atom. The normalized spacial score (nSPS) is 10.4. The fourth-order valence-corrected chi connectivity index (χ4v) is 3.13. The lowest BCUT2D eigenvalue weighted by Gasteiger charge is -2.15. The van der Waals surface area contributed by atoms with Crippen LogP contribution in [0, 0.1) is 0 Å². The number of hydrogen-bond donors (Lipinski definition) is 2. The molecular formula is C22H19Cl2NO4. The standard InChI is InChI=1S/C22H19Cl2NO4/c1-28-20-10-16(12-25-18-7-5-15(6-8-18)22(26)27)19(24)11-21(20)29-13-14-3-2-4-17(23)9-14/h2-11,25H,12-13H2,1H3,(H,26,27). The fraction of sp³-hybridized carbons (Fsp3) is 0.136. The number of methoxy groups -OCH3 is 1. The molecule has 5 nitrogen and oxygen atoms in total. The van der Waals surface area contributed by atoms with Crippen LogP contribution in [0.1, 0.15) is 21.5 Å².